The molecule has 0 atom stereocenters. The summed E-state index contributed by atoms with van der Waals surface area (Å²) in [7, 11) is 0. The maximum atomic E-state index is 12.3. The number of carbonyl (C=O) groups is 3. The Morgan fingerprint density at radius 1 is 0.750 bits per heavy atom. The van der Waals surface area contributed by atoms with Crippen LogP contribution in [-0.4, -0.2) is 39.8 Å². The Kier molecular flexibility index (Phi) is 9.30. The second kappa shape index (κ2) is 11.6. The molecule has 2 aromatic carbocycles. The highest BCUT2D eigenvalue weighted by Gasteiger charge is 2.26. The predicted octanol–water partition coefficient (Wildman–Crippen LogP) is 6.34. The largest absolute Gasteiger partial charge is 0.507 e. The number of hydrogen-bond acceptors (Lipinski definition) is 5. The van der Waals surface area contributed by atoms with Gasteiger partial charge in [0.25, 0.3) is 0 Å². The van der Waals surface area contributed by atoms with E-state index in [-0.39, 0.29) is 28.6 Å². The maximum absolute atomic E-state index is 12.3. The number of carbonyl (C=O) groups excluding carboxylic acids is 1. The molecule has 0 bridgehead atoms. The summed E-state index contributed by atoms with van der Waals surface area (Å²) < 4.78 is 5.23. The first-order chi connectivity index (χ1) is 16.6. The van der Waals surface area contributed by atoms with Crippen LogP contribution in [-0.2, 0) is 22.0 Å². The van der Waals surface area contributed by atoms with Crippen molar-refractivity contribution < 1.29 is 34.4 Å². The monoisotopic (exact) mass is 498 g/mol. The van der Waals surface area contributed by atoms with Crippen molar-refractivity contribution in [1.29, 1.82) is 0 Å². The van der Waals surface area contributed by atoms with Crippen LogP contribution in [0.25, 0.3) is 0 Å². The van der Waals surface area contributed by atoms with E-state index in [0.29, 0.717) is 12.2 Å². The smallest absolute Gasteiger partial charge is 0.339 e. The minimum absolute atomic E-state index is 0.153. The highest BCUT2D eigenvalue weighted by atomic mass is 16.5. The molecule has 0 aliphatic rings. The molecule has 0 aliphatic carbocycles. The van der Waals surface area contributed by atoms with Crippen LogP contribution in [0.15, 0.2) is 30.3 Å². The molecular formula is C29H38O7. The summed E-state index contributed by atoms with van der Waals surface area (Å²) in [5, 5.41) is 29.2. The highest BCUT2D eigenvalue weighted by molar-refractivity contribution is 6.04. The molecule has 0 aliphatic heterocycles. The average Bonchev–Trinajstić information content (AvgIpc) is 2.76. The van der Waals surface area contributed by atoms with Crippen LogP contribution in [0.1, 0.15) is 115 Å². The van der Waals surface area contributed by atoms with Gasteiger partial charge in [-0.05, 0) is 65.0 Å². The van der Waals surface area contributed by atoms with Crippen LogP contribution in [0.3, 0.4) is 0 Å². The fourth-order valence-corrected chi connectivity index (χ4v) is 4.04. The summed E-state index contributed by atoms with van der Waals surface area (Å²) in [4.78, 5) is 34.8. The van der Waals surface area contributed by atoms with Gasteiger partial charge in [-0.15, -0.1) is 0 Å². The molecule has 7 heteroatoms. The lowest BCUT2D eigenvalue weighted by Crippen LogP contribution is -2.18. The zero-order valence-corrected chi connectivity index (χ0v) is 22.1. The number of unbranched alkanes of at least 4 members (excludes halogenated alkanes) is 3. The SMILES string of the molecule is CC(C)(C)c1cc(CCCCCCOC(=O)c2ccc(C(=O)O)cc2C(=O)O)cc(C(C)(C)C)c1O. The number of ether oxygens (including phenoxy) is 1. The lowest BCUT2D eigenvalue weighted by Gasteiger charge is -2.28. The van der Waals surface area contributed by atoms with Crippen LogP contribution in [0.4, 0.5) is 0 Å². The van der Waals surface area contributed by atoms with E-state index in [9.17, 15) is 24.6 Å². The van der Waals surface area contributed by atoms with Crippen molar-refractivity contribution in [3.8, 4) is 5.75 Å². The summed E-state index contributed by atoms with van der Waals surface area (Å²) in [6, 6.07) is 7.51. The average molecular weight is 499 g/mol. The van der Waals surface area contributed by atoms with Crippen molar-refractivity contribution in [2.45, 2.75) is 84.5 Å². The van der Waals surface area contributed by atoms with Gasteiger partial charge in [0.1, 0.15) is 5.75 Å². The summed E-state index contributed by atoms with van der Waals surface area (Å²) >= 11 is 0. The zero-order chi connectivity index (χ0) is 27.3. The number of hydrogen-bond donors (Lipinski definition) is 3. The Hall–Kier alpha value is -3.35. The van der Waals surface area contributed by atoms with Gasteiger partial charge in [0.05, 0.1) is 23.3 Å². The molecule has 0 radical (unpaired) electrons. The maximum Gasteiger partial charge on any atom is 0.339 e. The van der Waals surface area contributed by atoms with Crippen molar-refractivity contribution in [2.75, 3.05) is 6.61 Å². The molecule has 7 nitrogen and oxygen atoms in total. The van der Waals surface area contributed by atoms with E-state index in [0.717, 1.165) is 42.9 Å². The molecule has 0 saturated carbocycles. The molecule has 0 aromatic heterocycles. The number of benzene rings is 2. The minimum Gasteiger partial charge on any atom is -0.507 e. The molecule has 0 fully saturated rings. The van der Waals surface area contributed by atoms with Crippen molar-refractivity contribution in [2.24, 2.45) is 0 Å². The summed E-state index contributed by atoms with van der Waals surface area (Å²) in [6.45, 7) is 12.7. The third-order valence-electron chi connectivity index (χ3n) is 6.10. The Labute approximate surface area is 213 Å². The van der Waals surface area contributed by atoms with Gasteiger partial charge in [-0.1, -0.05) is 66.5 Å². The Balaban J connectivity index is 1.89. The van der Waals surface area contributed by atoms with Crippen LogP contribution >= 0.6 is 0 Å². The molecular weight excluding hydrogens is 460 g/mol. The minimum atomic E-state index is -1.39. The molecule has 196 valence electrons. The summed E-state index contributed by atoms with van der Waals surface area (Å²) in [5.74, 6) is -3.06. The predicted molar refractivity (Wildman–Crippen MR) is 138 cm³/mol. The third kappa shape index (κ3) is 7.57. The van der Waals surface area contributed by atoms with Crippen LogP contribution in [0.5, 0.6) is 5.75 Å². The van der Waals surface area contributed by atoms with Crippen LogP contribution < -0.4 is 0 Å². The van der Waals surface area contributed by atoms with E-state index in [2.05, 4.69) is 53.7 Å². The number of aromatic hydroxyl groups is 1. The van der Waals surface area contributed by atoms with Crippen LogP contribution in [0.2, 0.25) is 0 Å². The molecule has 2 rings (SSSR count). The van der Waals surface area contributed by atoms with E-state index < -0.39 is 23.5 Å². The van der Waals surface area contributed by atoms with Gasteiger partial charge in [-0.3, -0.25) is 0 Å². The third-order valence-corrected chi connectivity index (χ3v) is 6.10. The molecule has 0 spiro atoms. The fourth-order valence-electron chi connectivity index (χ4n) is 4.04. The zero-order valence-electron chi connectivity index (χ0n) is 22.1. The fraction of sp³-hybridized carbons (Fsp3) is 0.483. The number of aryl methyl sites for hydroxylation is 1. The van der Waals surface area contributed by atoms with Gasteiger partial charge >= 0.3 is 17.9 Å². The first-order valence-electron chi connectivity index (χ1n) is 12.3. The first kappa shape index (κ1) is 28.9. The Morgan fingerprint density at radius 2 is 1.31 bits per heavy atom. The van der Waals surface area contributed by atoms with Gasteiger partial charge < -0.3 is 20.1 Å². The van der Waals surface area contributed by atoms with Gasteiger partial charge in [-0.2, -0.15) is 0 Å². The van der Waals surface area contributed by atoms with E-state index >= 15 is 0 Å². The van der Waals surface area contributed by atoms with E-state index in [1.165, 1.54) is 17.7 Å². The summed E-state index contributed by atoms with van der Waals surface area (Å²) in [6.07, 6.45) is 4.24. The van der Waals surface area contributed by atoms with Gasteiger partial charge in [-0.25, -0.2) is 14.4 Å². The van der Waals surface area contributed by atoms with E-state index in [4.69, 9.17) is 9.84 Å². The van der Waals surface area contributed by atoms with Crippen molar-refractivity contribution >= 4 is 17.9 Å². The van der Waals surface area contributed by atoms with Crippen molar-refractivity contribution in [1.82, 2.24) is 0 Å². The molecule has 0 unspecified atom stereocenters. The van der Waals surface area contributed by atoms with Gasteiger partial charge in [0.2, 0.25) is 0 Å². The van der Waals surface area contributed by atoms with E-state index in [1.54, 1.807) is 0 Å². The lowest BCUT2D eigenvalue weighted by atomic mass is 9.78. The molecule has 3 N–H and O–H groups in total. The normalized spacial score (nSPS) is 11.8. The second-order valence-corrected chi connectivity index (χ2v) is 11.2. The molecule has 0 amide bonds. The number of aromatic carboxylic acids is 2. The first-order valence-corrected chi connectivity index (χ1v) is 12.3. The molecule has 0 heterocycles. The van der Waals surface area contributed by atoms with Crippen LogP contribution in [0, 0.1) is 0 Å². The number of phenolic OH excluding ortho intramolecular Hbond substituents is 1. The van der Waals surface area contributed by atoms with E-state index in [1.807, 2.05) is 0 Å². The molecule has 0 saturated heterocycles. The molecule has 36 heavy (non-hydrogen) atoms. The topological polar surface area (TPSA) is 121 Å². The molecule has 2 aromatic rings. The summed E-state index contributed by atoms with van der Waals surface area (Å²) in [5.41, 5.74) is 2.00. The van der Waals surface area contributed by atoms with Gasteiger partial charge in [0.15, 0.2) is 0 Å². The Bertz CT molecular complexity index is 1080. The lowest BCUT2D eigenvalue weighted by molar-refractivity contribution is 0.0486. The number of carboxylic acids is 2. The standard InChI is InChI=1S/C29H38O7/c1-28(2,3)22-15-18(16-23(24(22)30)29(4,5)6)11-9-7-8-10-14-36-27(35)20-13-12-19(25(31)32)17-21(20)26(33)34/h12-13,15-17,30H,7-11,14H2,1-6H3,(H,31,32)(H,33,34). The quantitative estimate of drug-likeness (QED) is 0.258. The number of carboxylic acid groups (broad SMARTS) is 2. The Morgan fingerprint density at radius 3 is 1.81 bits per heavy atom. The second-order valence-electron chi connectivity index (χ2n) is 11.2. The number of rotatable bonds is 10. The van der Waals surface area contributed by atoms with Gasteiger partial charge in [0, 0.05) is 0 Å². The van der Waals surface area contributed by atoms with Crippen molar-refractivity contribution in [3.05, 3.63) is 63.7 Å². The van der Waals surface area contributed by atoms with Crippen molar-refractivity contribution in [3.63, 3.8) is 0 Å². The number of esters is 1. The number of phenols is 1. The highest BCUT2D eigenvalue weighted by Crippen LogP contribution is 2.40.